The number of allylic oxidation sites excluding steroid dienone is 2. The molecule has 6 heteroatoms. The van der Waals surface area contributed by atoms with Crippen molar-refractivity contribution in [1.82, 2.24) is 25.1 Å². The minimum Gasteiger partial charge on any atom is -0.357 e. The van der Waals surface area contributed by atoms with Crippen LogP contribution in [0.5, 0.6) is 0 Å². The van der Waals surface area contributed by atoms with E-state index in [1.807, 2.05) is 43.5 Å². The first-order valence-corrected chi connectivity index (χ1v) is 10.2. The summed E-state index contributed by atoms with van der Waals surface area (Å²) in [5.41, 5.74) is 7.97. The van der Waals surface area contributed by atoms with Gasteiger partial charge in [-0.3, -0.25) is 10.1 Å². The van der Waals surface area contributed by atoms with E-state index in [0.717, 1.165) is 50.3 Å². The van der Waals surface area contributed by atoms with Crippen molar-refractivity contribution < 1.29 is 4.39 Å². The second-order valence-corrected chi connectivity index (χ2v) is 7.48. The van der Waals surface area contributed by atoms with Gasteiger partial charge in [0.05, 0.1) is 11.4 Å². The molecule has 0 bridgehead atoms. The van der Waals surface area contributed by atoms with Gasteiger partial charge in [-0.25, -0.2) is 9.37 Å². The molecule has 0 aliphatic carbocycles. The molecule has 156 valence electrons. The van der Waals surface area contributed by atoms with Crippen LogP contribution < -0.4 is 0 Å². The van der Waals surface area contributed by atoms with E-state index < -0.39 is 0 Å². The van der Waals surface area contributed by atoms with Crippen molar-refractivity contribution >= 4 is 16.6 Å². The van der Waals surface area contributed by atoms with Crippen molar-refractivity contribution in [2.24, 2.45) is 0 Å². The molecule has 0 saturated heterocycles. The van der Waals surface area contributed by atoms with E-state index in [-0.39, 0.29) is 5.82 Å². The Hall–Kier alpha value is -4.32. The molecule has 5 nitrogen and oxygen atoms in total. The molecular formula is C26H20FN5. The molecule has 0 aliphatic rings. The highest BCUT2D eigenvalue weighted by molar-refractivity contribution is 5.94. The van der Waals surface area contributed by atoms with Gasteiger partial charge in [0.25, 0.3) is 0 Å². The first-order chi connectivity index (χ1) is 15.6. The third-order valence-electron chi connectivity index (χ3n) is 5.42. The smallest absolute Gasteiger partial charge is 0.181 e. The predicted molar refractivity (Wildman–Crippen MR) is 125 cm³/mol. The van der Waals surface area contributed by atoms with Crippen LogP contribution in [0.15, 0.2) is 85.9 Å². The van der Waals surface area contributed by atoms with Crippen molar-refractivity contribution in [1.29, 1.82) is 0 Å². The number of aromatic amines is 2. The number of benzene rings is 1. The molecule has 32 heavy (non-hydrogen) atoms. The monoisotopic (exact) mass is 421 g/mol. The van der Waals surface area contributed by atoms with Gasteiger partial charge in [0.15, 0.2) is 5.65 Å². The fraction of sp³-hybridized carbons (Fsp3) is 0.0385. The zero-order chi connectivity index (χ0) is 22.1. The molecule has 0 radical (unpaired) electrons. The summed E-state index contributed by atoms with van der Waals surface area (Å²) in [7, 11) is 0. The molecule has 1 aromatic carbocycles. The van der Waals surface area contributed by atoms with Crippen molar-refractivity contribution in [2.45, 2.75) is 6.92 Å². The van der Waals surface area contributed by atoms with Crippen molar-refractivity contribution in [2.75, 3.05) is 0 Å². The van der Waals surface area contributed by atoms with Crippen LogP contribution in [-0.4, -0.2) is 25.1 Å². The maximum absolute atomic E-state index is 13.9. The number of aromatic nitrogens is 5. The molecule has 0 aliphatic heterocycles. The number of hydrogen-bond donors (Lipinski definition) is 2. The van der Waals surface area contributed by atoms with Gasteiger partial charge in [-0.15, -0.1) is 0 Å². The summed E-state index contributed by atoms with van der Waals surface area (Å²) in [5.74, 6) is -0.278. The lowest BCUT2D eigenvalue weighted by molar-refractivity contribution is 0.627. The highest BCUT2D eigenvalue weighted by Gasteiger charge is 2.16. The number of fused-ring (bicyclic) bond motifs is 1. The maximum Gasteiger partial charge on any atom is 0.181 e. The second-order valence-electron chi connectivity index (χ2n) is 7.48. The molecule has 0 fully saturated rings. The van der Waals surface area contributed by atoms with Crippen LogP contribution in [0.3, 0.4) is 0 Å². The molecule has 5 aromatic rings. The van der Waals surface area contributed by atoms with E-state index >= 15 is 0 Å². The molecular weight excluding hydrogens is 401 g/mol. The molecule has 4 aromatic heterocycles. The number of pyridine rings is 2. The third-order valence-corrected chi connectivity index (χ3v) is 5.42. The number of halogens is 1. The molecule has 2 N–H and O–H groups in total. The molecule has 0 spiro atoms. The summed E-state index contributed by atoms with van der Waals surface area (Å²) in [6, 6.07) is 14.6. The Kier molecular flexibility index (Phi) is 4.95. The number of nitrogens with zero attached hydrogens (tertiary/aromatic N) is 3. The van der Waals surface area contributed by atoms with Gasteiger partial charge in [-0.1, -0.05) is 30.9 Å². The third kappa shape index (κ3) is 3.52. The molecule has 0 atom stereocenters. The summed E-state index contributed by atoms with van der Waals surface area (Å²) < 4.78 is 13.9. The van der Waals surface area contributed by atoms with Crippen molar-refractivity contribution in [3.05, 3.63) is 108 Å². The first-order valence-electron chi connectivity index (χ1n) is 10.2. The van der Waals surface area contributed by atoms with E-state index in [0.29, 0.717) is 5.65 Å². The van der Waals surface area contributed by atoms with Gasteiger partial charge in [-0.05, 0) is 60.0 Å². The quantitative estimate of drug-likeness (QED) is 0.338. The largest absolute Gasteiger partial charge is 0.357 e. The Morgan fingerprint density at radius 3 is 2.69 bits per heavy atom. The summed E-state index contributed by atoms with van der Waals surface area (Å²) in [4.78, 5) is 12.0. The Morgan fingerprint density at radius 2 is 1.91 bits per heavy atom. The van der Waals surface area contributed by atoms with E-state index in [1.165, 1.54) is 12.1 Å². The summed E-state index contributed by atoms with van der Waals surface area (Å²) in [6.45, 7) is 5.82. The Morgan fingerprint density at radius 1 is 1.06 bits per heavy atom. The van der Waals surface area contributed by atoms with Crippen LogP contribution in [0.1, 0.15) is 16.8 Å². The standard InChI is InChI=1S/C26H20FN5/c1-3-5-21(18-6-4-7-20(27)12-18)22-14-24(30-16(22)2)25-23-13-19(15-29-26(23)32-31-25)17-8-10-28-11-9-17/h3-15,30H,1H2,2H3,(H,29,31,32)/b21-5-. The van der Waals surface area contributed by atoms with Crippen LogP contribution in [0.4, 0.5) is 4.39 Å². The molecule has 5 rings (SSSR count). The minimum absolute atomic E-state index is 0.278. The first kappa shape index (κ1) is 19.6. The van der Waals surface area contributed by atoms with Gasteiger partial charge >= 0.3 is 0 Å². The molecule has 0 saturated carbocycles. The predicted octanol–water partition coefficient (Wildman–Crippen LogP) is 6.08. The molecule has 0 amide bonds. The highest BCUT2D eigenvalue weighted by Crippen LogP contribution is 2.33. The fourth-order valence-electron chi connectivity index (χ4n) is 3.90. The van der Waals surface area contributed by atoms with Crippen LogP contribution in [0.2, 0.25) is 0 Å². The summed E-state index contributed by atoms with van der Waals surface area (Å²) in [6.07, 6.45) is 8.93. The van der Waals surface area contributed by atoms with Gasteiger partial charge in [0, 0.05) is 40.8 Å². The number of aryl methyl sites for hydroxylation is 1. The highest BCUT2D eigenvalue weighted by atomic mass is 19.1. The maximum atomic E-state index is 13.9. The van der Waals surface area contributed by atoms with Gasteiger partial charge in [0.1, 0.15) is 5.82 Å². The lowest BCUT2D eigenvalue weighted by atomic mass is 9.97. The summed E-state index contributed by atoms with van der Waals surface area (Å²) >= 11 is 0. The van der Waals surface area contributed by atoms with Crippen molar-refractivity contribution in [3.63, 3.8) is 0 Å². The second kappa shape index (κ2) is 8.07. The average molecular weight is 421 g/mol. The number of nitrogens with one attached hydrogen (secondary N) is 2. The van der Waals surface area contributed by atoms with E-state index in [2.05, 4.69) is 37.8 Å². The fourth-order valence-corrected chi connectivity index (χ4v) is 3.90. The lowest BCUT2D eigenvalue weighted by Gasteiger charge is -2.07. The topological polar surface area (TPSA) is 70.2 Å². The Balaban J connectivity index is 1.62. The molecule has 0 unspecified atom stereocenters. The SMILES string of the molecule is C=C/C=C(/c1cccc(F)c1)c1cc(-c2[nH]nc3ncc(-c4ccncc4)cc23)[nH]c1C. The van der Waals surface area contributed by atoms with Gasteiger partial charge < -0.3 is 4.98 Å². The average Bonchev–Trinajstić information content (AvgIpc) is 3.41. The lowest BCUT2D eigenvalue weighted by Crippen LogP contribution is -1.89. The van der Waals surface area contributed by atoms with E-state index in [4.69, 9.17) is 0 Å². The van der Waals surface area contributed by atoms with Crippen molar-refractivity contribution in [3.8, 4) is 22.5 Å². The van der Waals surface area contributed by atoms with Gasteiger partial charge in [-0.2, -0.15) is 5.10 Å². The zero-order valence-corrected chi connectivity index (χ0v) is 17.4. The van der Waals surface area contributed by atoms with Gasteiger partial charge in [0.2, 0.25) is 0 Å². The van der Waals surface area contributed by atoms with Crippen LogP contribution in [-0.2, 0) is 0 Å². The van der Waals surface area contributed by atoms with E-state index in [1.54, 1.807) is 24.5 Å². The Labute approximate surface area is 184 Å². The minimum atomic E-state index is -0.278. The van der Waals surface area contributed by atoms with E-state index in [9.17, 15) is 4.39 Å². The van der Waals surface area contributed by atoms with Crippen LogP contribution >= 0.6 is 0 Å². The zero-order valence-electron chi connectivity index (χ0n) is 17.4. The number of rotatable bonds is 5. The van der Waals surface area contributed by atoms with Crippen LogP contribution in [0.25, 0.3) is 39.1 Å². The summed E-state index contributed by atoms with van der Waals surface area (Å²) in [5, 5.41) is 8.39. The Bertz CT molecular complexity index is 1460. The van der Waals surface area contributed by atoms with Crippen LogP contribution in [0, 0.1) is 12.7 Å². The number of hydrogen-bond acceptors (Lipinski definition) is 3. The normalized spacial score (nSPS) is 11.8. The molecule has 4 heterocycles. The number of H-pyrrole nitrogens is 2.